The lowest BCUT2D eigenvalue weighted by molar-refractivity contribution is -0.159. The summed E-state index contributed by atoms with van der Waals surface area (Å²) in [6, 6.07) is 1.06. The average molecular weight is 461 g/mol. The minimum Gasteiger partial charge on any atom is -0.504 e. The molecule has 1 spiro atoms. The van der Waals surface area contributed by atoms with E-state index in [2.05, 4.69) is 17.3 Å². The van der Waals surface area contributed by atoms with E-state index in [1.807, 2.05) is 20.8 Å². The van der Waals surface area contributed by atoms with Crippen LogP contribution >= 0.6 is 0 Å². The van der Waals surface area contributed by atoms with E-state index in [0.717, 1.165) is 43.4 Å². The van der Waals surface area contributed by atoms with Crippen molar-refractivity contribution in [3.05, 3.63) is 17.2 Å². The summed E-state index contributed by atoms with van der Waals surface area (Å²) in [7, 11) is 3.84. The van der Waals surface area contributed by atoms with Crippen molar-refractivity contribution in [2.24, 2.45) is 5.92 Å². The number of rotatable bonds is 5. The molecule has 182 valence electrons. The summed E-state index contributed by atoms with van der Waals surface area (Å²) in [6.45, 7) is 6.05. The zero-order valence-corrected chi connectivity index (χ0v) is 20.2. The van der Waals surface area contributed by atoms with Crippen LogP contribution < -0.4 is 14.8 Å². The summed E-state index contributed by atoms with van der Waals surface area (Å²) >= 11 is 0. The third-order valence-corrected chi connectivity index (χ3v) is 8.19. The Labute approximate surface area is 195 Å². The number of ether oxygens (including phenoxy) is 3. The number of aliphatic hydroxyl groups is 1. The number of aliphatic hydroxyl groups excluding tert-OH is 1. The maximum Gasteiger partial charge on any atom is 0.326 e. The van der Waals surface area contributed by atoms with Crippen molar-refractivity contribution in [2.45, 2.75) is 81.7 Å². The van der Waals surface area contributed by atoms with E-state index in [4.69, 9.17) is 14.2 Å². The Morgan fingerprint density at radius 1 is 1.39 bits per heavy atom. The minimum absolute atomic E-state index is 0.107. The van der Waals surface area contributed by atoms with Crippen LogP contribution in [0.3, 0.4) is 0 Å². The van der Waals surface area contributed by atoms with Gasteiger partial charge in [-0.2, -0.15) is 0 Å². The van der Waals surface area contributed by atoms with Crippen LogP contribution in [0.25, 0.3) is 0 Å². The average Bonchev–Trinajstić information content (AvgIpc) is 3.10. The van der Waals surface area contributed by atoms with Crippen LogP contribution in [0.1, 0.15) is 51.2 Å². The van der Waals surface area contributed by atoms with Crippen molar-refractivity contribution >= 4 is 5.97 Å². The van der Waals surface area contributed by atoms with Gasteiger partial charge in [-0.25, -0.2) is 0 Å². The molecule has 1 aromatic rings. The van der Waals surface area contributed by atoms with Gasteiger partial charge in [0.15, 0.2) is 11.5 Å². The van der Waals surface area contributed by atoms with Gasteiger partial charge < -0.3 is 29.3 Å². The molecule has 5 rings (SSSR count). The van der Waals surface area contributed by atoms with Gasteiger partial charge in [0.2, 0.25) is 0 Å². The summed E-state index contributed by atoms with van der Waals surface area (Å²) in [6.07, 6.45) is 3.35. The molecule has 2 aliphatic carbocycles. The molecule has 3 N–H and O–H groups in total. The minimum atomic E-state index is -0.831. The van der Waals surface area contributed by atoms with Gasteiger partial charge in [0, 0.05) is 34.7 Å². The maximum atomic E-state index is 12.7. The molecule has 2 bridgehead atoms. The standard InChI is InChI=1S/C25H36N2O6/c1-24(2,3)33-23(30)16(12-28)26-15-7-6-14-17-10-13-19(31-5)11-18(29)21-20(13)25(14,22(15)32-21)8-9-27(17)4/h11,14-17,22,26,28-29H,6-10,12H2,1-5H3/t14-,15-,16-,17+,22-,25-/m0/s1. The van der Waals surface area contributed by atoms with E-state index < -0.39 is 17.6 Å². The first-order valence-electron chi connectivity index (χ1n) is 12.0. The fourth-order valence-corrected chi connectivity index (χ4v) is 6.97. The first-order valence-corrected chi connectivity index (χ1v) is 12.0. The second-order valence-electron chi connectivity index (χ2n) is 11.1. The molecule has 8 heteroatoms. The summed E-state index contributed by atoms with van der Waals surface area (Å²) in [5.41, 5.74) is 1.34. The van der Waals surface area contributed by atoms with E-state index in [9.17, 15) is 15.0 Å². The second-order valence-corrected chi connectivity index (χ2v) is 11.1. The quantitative estimate of drug-likeness (QED) is 0.572. The molecule has 8 nitrogen and oxygen atoms in total. The number of nitrogens with one attached hydrogen (secondary N) is 1. The third kappa shape index (κ3) is 3.33. The summed E-state index contributed by atoms with van der Waals surface area (Å²) in [5, 5.41) is 24.2. The number of likely N-dealkylation sites (tertiary alicyclic amines) is 1. The Balaban J connectivity index is 1.54. The number of piperidine rings is 1. The lowest BCUT2D eigenvalue weighted by atomic mass is 9.51. The number of phenols is 1. The Bertz CT molecular complexity index is 959. The molecule has 4 aliphatic rings. The number of carbonyl (C=O) groups excluding carboxylic acids is 1. The number of esters is 1. The fraction of sp³-hybridized carbons (Fsp3) is 0.720. The number of methoxy groups -OCH3 is 1. The molecule has 1 aromatic carbocycles. The van der Waals surface area contributed by atoms with Gasteiger partial charge in [0.05, 0.1) is 13.7 Å². The Morgan fingerprint density at radius 3 is 2.82 bits per heavy atom. The molecular weight excluding hydrogens is 424 g/mol. The largest absolute Gasteiger partial charge is 0.504 e. The molecular formula is C25H36N2O6. The fourth-order valence-electron chi connectivity index (χ4n) is 6.97. The van der Waals surface area contributed by atoms with Crippen LogP contribution in [0, 0.1) is 5.92 Å². The van der Waals surface area contributed by atoms with Crippen molar-refractivity contribution in [1.29, 1.82) is 0 Å². The van der Waals surface area contributed by atoms with E-state index >= 15 is 0 Å². The van der Waals surface area contributed by atoms with E-state index in [0.29, 0.717) is 23.5 Å². The maximum absolute atomic E-state index is 12.7. The lowest BCUT2D eigenvalue weighted by Crippen LogP contribution is -2.69. The topological polar surface area (TPSA) is 100 Å². The Kier molecular flexibility index (Phi) is 5.34. The molecule has 2 fully saturated rings. The molecule has 0 unspecified atom stereocenters. The van der Waals surface area contributed by atoms with Crippen LogP contribution in [0.5, 0.6) is 17.2 Å². The number of phenolic OH excluding ortho intramolecular Hbond substituents is 1. The molecule has 33 heavy (non-hydrogen) atoms. The zero-order valence-electron chi connectivity index (χ0n) is 20.2. The van der Waals surface area contributed by atoms with E-state index in [1.165, 1.54) is 0 Å². The van der Waals surface area contributed by atoms with Gasteiger partial charge in [-0.05, 0) is 66.0 Å². The van der Waals surface area contributed by atoms with Crippen LogP contribution in [0.15, 0.2) is 6.07 Å². The van der Waals surface area contributed by atoms with Crippen molar-refractivity contribution in [1.82, 2.24) is 10.2 Å². The van der Waals surface area contributed by atoms with Crippen LogP contribution in [0.2, 0.25) is 0 Å². The van der Waals surface area contributed by atoms with Crippen LogP contribution in [-0.2, 0) is 21.4 Å². The highest BCUT2D eigenvalue weighted by Gasteiger charge is 2.66. The number of benzene rings is 1. The number of hydrogen-bond donors (Lipinski definition) is 3. The van der Waals surface area contributed by atoms with Gasteiger partial charge in [-0.15, -0.1) is 0 Å². The SMILES string of the molecule is COc1cc(O)c2c3c1C[C@@H]1[C@@H]4CC[C@H](N[C@@H](CO)C(=O)OC(C)(C)C)[C@H](O2)[C@]34CCN1C. The molecule has 0 radical (unpaired) electrons. The van der Waals surface area contributed by atoms with Crippen LogP contribution in [-0.4, -0.2) is 78.2 Å². The van der Waals surface area contributed by atoms with E-state index in [1.54, 1.807) is 13.2 Å². The van der Waals surface area contributed by atoms with Crippen molar-refractivity contribution in [3.63, 3.8) is 0 Å². The highest BCUT2D eigenvalue weighted by Crippen LogP contribution is 2.65. The molecule has 6 atom stereocenters. The summed E-state index contributed by atoms with van der Waals surface area (Å²) < 4.78 is 17.8. The predicted octanol–water partition coefficient (Wildman–Crippen LogP) is 1.73. The molecule has 0 aromatic heterocycles. The number of nitrogens with zero attached hydrogens (tertiary/aromatic N) is 1. The summed E-state index contributed by atoms with van der Waals surface area (Å²) in [4.78, 5) is 15.2. The summed E-state index contributed by atoms with van der Waals surface area (Å²) in [5.74, 6) is 1.32. The van der Waals surface area contributed by atoms with E-state index in [-0.39, 0.29) is 29.9 Å². The Hall–Kier alpha value is -2.03. The first kappa shape index (κ1) is 22.7. The van der Waals surface area contributed by atoms with Gasteiger partial charge in [-0.1, -0.05) is 0 Å². The van der Waals surface area contributed by atoms with Gasteiger partial charge in [-0.3, -0.25) is 10.1 Å². The Morgan fingerprint density at radius 2 is 2.15 bits per heavy atom. The van der Waals surface area contributed by atoms with Crippen LogP contribution in [0.4, 0.5) is 0 Å². The number of hydrogen-bond acceptors (Lipinski definition) is 8. The molecule has 1 saturated carbocycles. The van der Waals surface area contributed by atoms with Crippen molar-refractivity contribution < 1.29 is 29.2 Å². The lowest BCUT2D eigenvalue weighted by Gasteiger charge is -2.59. The monoisotopic (exact) mass is 460 g/mol. The molecule has 0 amide bonds. The highest BCUT2D eigenvalue weighted by atomic mass is 16.6. The number of aromatic hydroxyl groups is 1. The first-order chi connectivity index (χ1) is 15.6. The second kappa shape index (κ2) is 7.75. The number of likely N-dealkylation sites (N-methyl/N-ethyl adjacent to an activating group) is 1. The molecule has 1 saturated heterocycles. The molecule has 2 heterocycles. The third-order valence-electron chi connectivity index (χ3n) is 8.19. The van der Waals surface area contributed by atoms with Crippen molar-refractivity contribution in [3.8, 4) is 17.2 Å². The van der Waals surface area contributed by atoms with Gasteiger partial charge in [0.1, 0.15) is 23.5 Å². The van der Waals surface area contributed by atoms with Gasteiger partial charge >= 0.3 is 5.97 Å². The predicted molar refractivity (Wildman–Crippen MR) is 122 cm³/mol. The normalized spacial score (nSPS) is 33.2. The zero-order chi connectivity index (χ0) is 23.7. The van der Waals surface area contributed by atoms with Gasteiger partial charge in [0.25, 0.3) is 0 Å². The highest BCUT2D eigenvalue weighted by molar-refractivity contribution is 5.76. The number of carbonyl (C=O) groups is 1. The molecule has 2 aliphatic heterocycles. The smallest absolute Gasteiger partial charge is 0.326 e. The van der Waals surface area contributed by atoms with Crippen molar-refractivity contribution in [2.75, 3.05) is 27.3 Å².